The zero-order valence-electron chi connectivity index (χ0n) is 11.2. The summed E-state index contributed by atoms with van der Waals surface area (Å²) in [4.78, 5) is 22.9. The van der Waals surface area contributed by atoms with Gasteiger partial charge in [-0.15, -0.1) is 0 Å². The summed E-state index contributed by atoms with van der Waals surface area (Å²) in [6.07, 6.45) is 0. The standard InChI is InChI=1S/C13H18FN3O2/c1-4-15-13(19)17-12(18)9(3)16-11-7-5-6-10(14)8(11)2/h5-7,9,16H,4H2,1-3H3,(H2,15,17,18,19). The quantitative estimate of drug-likeness (QED) is 0.778. The van der Waals surface area contributed by atoms with E-state index in [-0.39, 0.29) is 5.82 Å². The number of rotatable bonds is 4. The van der Waals surface area contributed by atoms with Crippen LogP contribution in [0.15, 0.2) is 18.2 Å². The normalized spacial score (nSPS) is 11.6. The number of nitrogens with one attached hydrogen (secondary N) is 3. The largest absolute Gasteiger partial charge is 0.374 e. The number of anilines is 1. The maximum absolute atomic E-state index is 13.3. The van der Waals surface area contributed by atoms with Gasteiger partial charge in [-0.1, -0.05) is 6.07 Å². The highest BCUT2D eigenvalue weighted by molar-refractivity contribution is 5.98. The highest BCUT2D eigenvalue weighted by Gasteiger charge is 2.16. The van der Waals surface area contributed by atoms with Crippen LogP contribution in [0.5, 0.6) is 0 Å². The smallest absolute Gasteiger partial charge is 0.321 e. The van der Waals surface area contributed by atoms with Crippen LogP contribution in [0.25, 0.3) is 0 Å². The van der Waals surface area contributed by atoms with E-state index in [0.29, 0.717) is 17.8 Å². The van der Waals surface area contributed by atoms with E-state index in [9.17, 15) is 14.0 Å². The van der Waals surface area contributed by atoms with Gasteiger partial charge in [-0.25, -0.2) is 9.18 Å². The SMILES string of the molecule is CCNC(=O)NC(=O)C(C)Nc1cccc(F)c1C. The van der Waals surface area contributed by atoms with Crippen molar-refractivity contribution in [1.29, 1.82) is 0 Å². The number of carbonyl (C=O) groups excluding carboxylic acids is 2. The van der Waals surface area contributed by atoms with E-state index >= 15 is 0 Å². The first kappa shape index (κ1) is 14.9. The van der Waals surface area contributed by atoms with E-state index in [0.717, 1.165) is 0 Å². The molecule has 1 aromatic rings. The first-order chi connectivity index (χ1) is 8.95. The molecule has 0 radical (unpaired) electrons. The molecule has 0 spiro atoms. The van der Waals surface area contributed by atoms with Gasteiger partial charge in [0.25, 0.3) is 0 Å². The molecular weight excluding hydrogens is 249 g/mol. The fourth-order valence-electron chi connectivity index (χ4n) is 1.49. The molecule has 0 aromatic heterocycles. The molecule has 6 heteroatoms. The number of benzene rings is 1. The summed E-state index contributed by atoms with van der Waals surface area (Å²) in [5.41, 5.74) is 0.957. The third kappa shape index (κ3) is 4.24. The second-order valence-corrected chi connectivity index (χ2v) is 4.13. The van der Waals surface area contributed by atoms with Gasteiger partial charge >= 0.3 is 6.03 Å². The van der Waals surface area contributed by atoms with Crippen molar-refractivity contribution in [2.45, 2.75) is 26.8 Å². The molecule has 1 rings (SSSR count). The molecule has 3 amide bonds. The Morgan fingerprint density at radius 2 is 2.05 bits per heavy atom. The summed E-state index contributed by atoms with van der Waals surface area (Å²) in [7, 11) is 0. The first-order valence-corrected chi connectivity index (χ1v) is 6.06. The summed E-state index contributed by atoms with van der Waals surface area (Å²) >= 11 is 0. The molecule has 0 aliphatic carbocycles. The Morgan fingerprint density at radius 1 is 1.37 bits per heavy atom. The number of carbonyl (C=O) groups is 2. The summed E-state index contributed by atoms with van der Waals surface area (Å²) in [6, 6.07) is 3.38. The lowest BCUT2D eigenvalue weighted by atomic mass is 10.1. The second kappa shape index (κ2) is 6.72. The van der Waals surface area contributed by atoms with Gasteiger partial charge in [0, 0.05) is 17.8 Å². The van der Waals surface area contributed by atoms with Gasteiger partial charge in [0.05, 0.1) is 0 Å². The van der Waals surface area contributed by atoms with Crippen LogP contribution in [-0.4, -0.2) is 24.5 Å². The highest BCUT2D eigenvalue weighted by Crippen LogP contribution is 2.18. The molecule has 104 valence electrons. The molecule has 5 nitrogen and oxygen atoms in total. The van der Waals surface area contributed by atoms with Crippen LogP contribution >= 0.6 is 0 Å². The lowest BCUT2D eigenvalue weighted by Gasteiger charge is -2.16. The number of hydrogen-bond donors (Lipinski definition) is 3. The summed E-state index contributed by atoms with van der Waals surface area (Å²) < 4.78 is 13.3. The van der Waals surface area contributed by atoms with E-state index < -0.39 is 18.0 Å². The average molecular weight is 267 g/mol. The monoisotopic (exact) mass is 267 g/mol. The van der Waals surface area contributed by atoms with Crippen LogP contribution in [0.4, 0.5) is 14.9 Å². The summed E-state index contributed by atoms with van der Waals surface area (Å²) in [5, 5.41) is 7.51. The van der Waals surface area contributed by atoms with E-state index in [4.69, 9.17) is 0 Å². The predicted molar refractivity (Wildman–Crippen MR) is 71.4 cm³/mol. The van der Waals surface area contributed by atoms with Crippen molar-refractivity contribution in [3.63, 3.8) is 0 Å². The Kier molecular flexibility index (Phi) is 5.29. The fourth-order valence-corrected chi connectivity index (χ4v) is 1.49. The minimum Gasteiger partial charge on any atom is -0.374 e. The molecule has 0 fully saturated rings. The minimum atomic E-state index is -0.650. The highest BCUT2D eigenvalue weighted by atomic mass is 19.1. The van der Waals surface area contributed by atoms with Gasteiger partial charge in [0.2, 0.25) is 5.91 Å². The van der Waals surface area contributed by atoms with Crippen molar-refractivity contribution in [2.75, 3.05) is 11.9 Å². The molecule has 1 aromatic carbocycles. The second-order valence-electron chi connectivity index (χ2n) is 4.13. The summed E-state index contributed by atoms with van der Waals surface area (Å²) in [5.74, 6) is -0.823. The lowest BCUT2D eigenvalue weighted by Crippen LogP contribution is -2.45. The zero-order chi connectivity index (χ0) is 14.4. The van der Waals surface area contributed by atoms with Crippen molar-refractivity contribution >= 4 is 17.6 Å². The third-order valence-electron chi connectivity index (χ3n) is 2.61. The van der Waals surface area contributed by atoms with Crippen molar-refractivity contribution in [3.8, 4) is 0 Å². The molecule has 0 bridgehead atoms. The maximum atomic E-state index is 13.3. The Balaban J connectivity index is 2.64. The number of urea groups is 1. The van der Waals surface area contributed by atoms with Gasteiger partial charge in [0.1, 0.15) is 11.9 Å². The fraction of sp³-hybridized carbons (Fsp3) is 0.385. The Labute approximate surface area is 111 Å². The van der Waals surface area contributed by atoms with Gasteiger partial charge in [-0.05, 0) is 32.9 Å². The topological polar surface area (TPSA) is 70.2 Å². The number of hydrogen-bond acceptors (Lipinski definition) is 3. The van der Waals surface area contributed by atoms with Gasteiger partial charge in [-0.2, -0.15) is 0 Å². The molecule has 0 saturated carbocycles. The number of halogens is 1. The van der Waals surface area contributed by atoms with Crippen LogP contribution in [0, 0.1) is 12.7 Å². The first-order valence-electron chi connectivity index (χ1n) is 6.06. The molecule has 1 atom stereocenters. The summed E-state index contributed by atoms with van der Waals surface area (Å²) in [6.45, 7) is 5.40. The third-order valence-corrected chi connectivity index (χ3v) is 2.61. The number of amides is 3. The van der Waals surface area contributed by atoms with Crippen LogP contribution in [0.1, 0.15) is 19.4 Å². The van der Waals surface area contributed by atoms with Crippen LogP contribution < -0.4 is 16.0 Å². The Hall–Kier alpha value is -2.11. The molecule has 0 aliphatic rings. The molecule has 0 saturated heterocycles. The van der Waals surface area contributed by atoms with Gasteiger partial charge in [0.15, 0.2) is 0 Å². The van der Waals surface area contributed by atoms with Crippen molar-refractivity contribution in [2.24, 2.45) is 0 Å². The van der Waals surface area contributed by atoms with Gasteiger partial charge in [-0.3, -0.25) is 10.1 Å². The van der Waals surface area contributed by atoms with Gasteiger partial charge < -0.3 is 10.6 Å². The van der Waals surface area contributed by atoms with Crippen molar-refractivity contribution in [1.82, 2.24) is 10.6 Å². The molecule has 1 unspecified atom stereocenters. The minimum absolute atomic E-state index is 0.346. The van der Waals surface area contributed by atoms with E-state index in [1.54, 1.807) is 32.9 Å². The Bertz CT molecular complexity index is 477. The number of imide groups is 1. The molecule has 3 N–H and O–H groups in total. The Morgan fingerprint density at radius 3 is 2.68 bits per heavy atom. The maximum Gasteiger partial charge on any atom is 0.321 e. The molecule has 0 heterocycles. The van der Waals surface area contributed by atoms with E-state index in [2.05, 4.69) is 16.0 Å². The van der Waals surface area contributed by atoms with E-state index in [1.807, 2.05) is 0 Å². The van der Waals surface area contributed by atoms with Crippen LogP contribution in [-0.2, 0) is 4.79 Å². The van der Waals surface area contributed by atoms with E-state index in [1.165, 1.54) is 6.07 Å². The molecule has 19 heavy (non-hydrogen) atoms. The van der Waals surface area contributed by atoms with Crippen molar-refractivity contribution in [3.05, 3.63) is 29.6 Å². The predicted octanol–water partition coefficient (Wildman–Crippen LogP) is 1.78. The van der Waals surface area contributed by atoms with Crippen molar-refractivity contribution < 1.29 is 14.0 Å². The van der Waals surface area contributed by atoms with Crippen LogP contribution in [0.3, 0.4) is 0 Å². The zero-order valence-corrected chi connectivity index (χ0v) is 11.2. The average Bonchev–Trinajstić information content (AvgIpc) is 2.35. The van der Waals surface area contributed by atoms with Crippen LogP contribution in [0.2, 0.25) is 0 Å². The molecule has 0 aliphatic heterocycles. The molecular formula is C13H18FN3O2. The lowest BCUT2D eigenvalue weighted by molar-refractivity contribution is -0.120.